The second-order valence-corrected chi connectivity index (χ2v) is 6.74. The van der Waals surface area contributed by atoms with Crippen molar-refractivity contribution in [3.63, 3.8) is 0 Å². The molecule has 0 radical (unpaired) electrons. The van der Waals surface area contributed by atoms with Gasteiger partial charge in [0.15, 0.2) is 5.82 Å². The van der Waals surface area contributed by atoms with Crippen molar-refractivity contribution in [1.82, 2.24) is 14.8 Å². The SMILES string of the molecule is C=C1C=Cn2nc(C(C)(C)C)nc2N1C(C)(C)C. The Kier molecular flexibility index (Phi) is 2.65. The van der Waals surface area contributed by atoms with Gasteiger partial charge in [-0.1, -0.05) is 27.4 Å². The molecule has 4 nitrogen and oxygen atoms in total. The molecular weight excluding hydrogens is 224 g/mol. The van der Waals surface area contributed by atoms with E-state index in [1.807, 2.05) is 17.0 Å². The van der Waals surface area contributed by atoms with E-state index in [0.29, 0.717) is 0 Å². The first-order valence-corrected chi connectivity index (χ1v) is 6.25. The molecule has 0 unspecified atom stereocenters. The van der Waals surface area contributed by atoms with Gasteiger partial charge < -0.3 is 4.90 Å². The molecule has 0 saturated carbocycles. The highest BCUT2D eigenvalue weighted by atomic mass is 15.5. The Labute approximate surface area is 109 Å². The van der Waals surface area contributed by atoms with Crippen LogP contribution in [0.1, 0.15) is 47.4 Å². The molecule has 0 aliphatic carbocycles. The minimum absolute atomic E-state index is 0.0525. The largest absolute Gasteiger partial charge is 0.306 e. The summed E-state index contributed by atoms with van der Waals surface area (Å²) in [5, 5.41) is 4.56. The first-order valence-electron chi connectivity index (χ1n) is 6.25. The smallest absolute Gasteiger partial charge is 0.233 e. The number of nitrogens with zero attached hydrogens (tertiary/aromatic N) is 4. The summed E-state index contributed by atoms with van der Waals surface area (Å²) in [4.78, 5) is 6.81. The van der Waals surface area contributed by atoms with Crippen LogP contribution in [0.4, 0.5) is 5.95 Å². The Bertz CT molecular complexity index is 509. The maximum Gasteiger partial charge on any atom is 0.233 e. The van der Waals surface area contributed by atoms with E-state index < -0.39 is 0 Å². The Morgan fingerprint density at radius 2 is 1.72 bits per heavy atom. The van der Waals surface area contributed by atoms with E-state index in [1.165, 1.54) is 0 Å². The molecule has 0 N–H and O–H groups in total. The zero-order chi connectivity index (χ0) is 13.7. The van der Waals surface area contributed by atoms with Gasteiger partial charge in [0, 0.05) is 22.9 Å². The third-order valence-corrected chi connectivity index (χ3v) is 2.85. The molecule has 1 aliphatic heterocycles. The van der Waals surface area contributed by atoms with Crippen LogP contribution in [0, 0.1) is 0 Å². The van der Waals surface area contributed by atoms with Crippen molar-refractivity contribution < 1.29 is 0 Å². The minimum atomic E-state index is -0.0677. The number of fused-ring (bicyclic) bond motifs is 1. The standard InChI is InChI=1S/C14H22N4/c1-10-8-9-17-12(18(10)14(5,6)7)15-11(16-17)13(2,3)4/h8-9H,1H2,2-7H3. The molecule has 0 spiro atoms. The molecule has 0 bridgehead atoms. The number of hydrogen-bond acceptors (Lipinski definition) is 3. The second kappa shape index (κ2) is 3.70. The monoisotopic (exact) mass is 246 g/mol. The molecule has 0 atom stereocenters. The normalized spacial score (nSPS) is 16.1. The molecular formula is C14H22N4. The van der Waals surface area contributed by atoms with Gasteiger partial charge in [0.25, 0.3) is 0 Å². The van der Waals surface area contributed by atoms with Crippen molar-refractivity contribution >= 4 is 12.1 Å². The topological polar surface area (TPSA) is 34.0 Å². The zero-order valence-corrected chi connectivity index (χ0v) is 12.2. The molecule has 1 aliphatic rings. The van der Waals surface area contributed by atoms with Crippen LogP contribution >= 0.6 is 0 Å². The van der Waals surface area contributed by atoms with Gasteiger partial charge in [0.1, 0.15) is 0 Å². The molecule has 18 heavy (non-hydrogen) atoms. The maximum absolute atomic E-state index is 4.69. The third kappa shape index (κ3) is 2.07. The number of aromatic nitrogens is 3. The highest BCUT2D eigenvalue weighted by Crippen LogP contribution is 2.32. The van der Waals surface area contributed by atoms with E-state index in [4.69, 9.17) is 0 Å². The third-order valence-electron chi connectivity index (χ3n) is 2.85. The van der Waals surface area contributed by atoms with Crippen LogP contribution in [-0.2, 0) is 5.41 Å². The molecule has 0 amide bonds. The first kappa shape index (κ1) is 12.9. The van der Waals surface area contributed by atoms with Gasteiger partial charge in [0.2, 0.25) is 5.95 Å². The zero-order valence-electron chi connectivity index (χ0n) is 12.2. The average Bonchev–Trinajstić information content (AvgIpc) is 2.57. The Morgan fingerprint density at radius 3 is 2.22 bits per heavy atom. The van der Waals surface area contributed by atoms with E-state index in [2.05, 4.69) is 63.1 Å². The molecule has 4 heteroatoms. The lowest BCUT2D eigenvalue weighted by molar-refractivity contribution is 0.529. The maximum atomic E-state index is 4.69. The first-order chi connectivity index (χ1) is 8.10. The predicted molar refractivity (Wildman–Crippen MR) is 75.4 cm³/mol. The number of rotatable bonds is 0. The van der Waals surface area contributed by atoms with E-state index in [-0.39, 0.29) is 11.0 Å². The summed E-state index contributed by atoms with van der Waals surface area (Å²) >= 11 is 0. The van der Waals surface area contributed by atoms with Gasteiger partial charge >= 0.3 is 0 Å². The van der Waals surface area contributed by atoms with Gasteiger partial charge in [-0.25, -0.2) is 4.68 Å². The van der Waals surface area contributed by atoms with Gasteiger partial charge in [-0.05, 0) is 26.8 Å². The highest BCUT2D eigenvalue weighted by Gasteiger charge is 2.32. The quantitative estimate of drug-likeness (QED) is 0.705. The molecule has 0 aromatic carbocycles. The summed E-state index contributed by atoms with van der Waals surface area (Å²) in [5.41, 5.74) is 0.827. The van der Waals surface area contributed by atoms with Crippen molar-refractivity contribution in [2.45, 2.75) is 52.5 Å². The number of allylic oxidation sites excluding steroid dienone is 1. The fourth-order valence-corrected chi connectivity index (χ4v) is 1.98. The van der Waals surface area contributed by atoms with Crippen molar-refractivity contribution in [2.75, 3.05) is 4.90 Å². The van der Waals surface area contributed by atoms with Crippen LogP contribution in [0.5, 0.6) is 0 Å². The summed E-state index contributed by atoms with van der Waals surface area (Å²) in [5.74, 6) is 1.70. The minimum Gasteiger partial charge on any atom is -0.306 e. The van der Waals surface area contributed by atoms with Crippen molar-refractivity contribution in [1.29, 1.82) is 0 Å². The summed E-state index contributed by atoms with van der Waals surface area (Å²) in [7, 11) is 0. The van der Waals surface area contributed by atoms with Crippen LogP contribution in [0.15, 0.2) is 18.4 Å². The average molecular weight is 246 g/mol. The molecule has 0 fully saturated rings. The van der Waals surface area contributed by atoms with Crippen molar-refractivity contribution in [3.8, 4) is 0 Å². The molecule has 2 rings (SSSR count). The van der Waals surface area contributed by atoms with Gasteiger partial charge in [-0.3, -0.25) is 0 Å². The molecule has 2 heterocycles. The Morgan fingerprint density at radius 1 is 1.11 bits per heavy atom. The summed E-state index contributed by atoms with van der Waals surface area (Å²) in [6.07, 6.45) is 3.89. The van der Waals surface area contributed by atoms with Crippen molar-refractivity contribution in [3.05, 3.63) is 24.2 Å². The van der Waals surface area contributed by atoms with E-state index in [9.17, 15) is 0 Å². The van der Waals surface area contributed by atoms with Crippen LogP contribution in [0.2, 0.25) is 0 Å². The molecule has 1 aromatic heterocycles. The van der Waals surface area contributed by atoms with Crippen LogP contribution in [0.25, 0.3) is 6.20 Å². The van der Waals surface area contributed by atoms with E-state index in [1.54, 1.807) is 0 Å². The number of hydrogen-bond donors (Lipinski definition) is 0. The predicted octanol–water partition coefficient (Wildman–Crippen LogP) is 3.18. The van der Waals surface area contributed by atoms with E-state index >= 15 is 0 Å². The lowest BCUT2D eigenvalue weighted by Gasteiger charge is -2.37. The molecule has 0 saturated heterocycles. The van der Waals surface area contributed by atoms with Crippen molar-refractivity contribution in [2.24, 2.45) is 0 Å². The number of anilines is 1. The summed E-state index contributed by atoms with van der Waals surface area (Å²) in [6, 6.07) is 0. The van der Waals surface area contributed by atoms with Crippen LogP contribution < -0.4 is 4.90 Å². The van der Waals surface area contributed by atoms with Crippen LogP contribution in [0.3, 0.4) is 0 Å². The van der Waals surface area contributed by atoms with Gasteiger partial charge in [-0.2, -0.15) is 4.98 Å². The molecule has 1 aromatic rings. The molecule has 98 valence electrons. The fourth-order valence-electron chi connectivity index (χ4n) is 1.98. The lowest BCUT2D eigenvalue weighted by atomic mass is 9.96. The Hall–Kier alpha value is -1.58. The lowest BCUT2D eigenvalue weighted by Crippen LogP contribution is -2.42. The second-order valence-electron chi connectivity index (χ2n) is 6.74. The summed E-state index contributed by atoms with van der Waals surface area (Å²) < 4.78 is 1.83. The van der Waals surface area contributed by atoms with Gasteiger partial charge in [-0.15, -0.1) is 5.10 Å². The Balaban J connectivity index is 2.55. The highest BCUT2D eigenvalue weighted by molar-refractivity contribution is 5.58. The fraction of sp³-hybridized carbons (Fsp3) is 0.571. The van der Waals surface area contributed by atoms with Crippen LogP contribution in [-0.4, -0.2) is 20.3 Å². The van der Waals surface area contributed by atoms with E-state index in [0.717, 1.165) is 17.5 Å². The van der Waals surface area contributed by atoms with Gasteiger partial charge in [0.05, 0.1) is 0 Å². The summed E-state index contributed by atoms with van der Waals surface area (Å²) in [6.45, 7) is 16.9.